The fourth-order valence-electron chi connectivity index (χ4n) is 4.28. The molecule has 1 fully saturated rings. The zero-order valence-electron chi connectivity index (χ0n) is 20.8. The maximum atomic E-state index is 12.9. The van der Waals surface area contributed by atoms with Crippen molar-refractivity contribution in [2.24, 2.45) is 15.9 Å². The number of amidine groups is 1. The van der Waals surface area contributed by atoms with E-state index in [2.05, 4.69) is 25.3 Å². The summed E-state index contributed by atoms with van der Waals surface area (Å²) in [6.07, 6.45) is 5.61. The molecule has 1 aliphatic rings. The van der Waals surface area contributed by atoms with Crippen LogP contribution >= 0.6 is 11.6 Å². The average Bonchev–Trinajstić information content (AvgIpc) is 3.33. The molecule has 2 atom stereocenters. The maximum Gasteiger partial charge on any atom is 0.415 e. The second-order valence-electron chi connectivity index (χ2n) is 8.73. The molecule has 1 amide bonds. The Morgan fingerprint density at radius 3 is 3.00 bits per heavy atom. The smallest absolute Gasteiger partial charge is 0.415 e. The first kappa shape index (κ1) is 26.6. The van der Waals surface area contributed by atoms with Gasteiger partial charge in [-0.1, -0.05) is 23.7 Å². The van der Waals surface area contributed by atoms with E-state index in [9.17, 15) is 9.18 Å². The quantitative estimate of drug-likeness (QED) is 0.321. The Morgan fingerprint density at radius 1 is 1.41 bits per heavy atom. The van der Waals surface area contributed by atoms with E-state index in [1.807, 2.05) is 13.0 Å². The zero-order chi connectivity index (χ0) is 26.2. The van der Waals surface area contributed by atoms with Gasteiger partial charge in [0.05, 0.1) is 18.3 Å². The minimum absolute atomic E-state index is 0.227. The van der Waals surface area contributed by atoms with Gasteiger partial charge < -0.3 is 19.4 Å². The van der Waals surface area contributed by atoms with Gasteiger partial charge >= 0.3 is 6.09 Å². The number of rotatable bonds is 8. The number of piperidine rings is 1. The van der Waals surface area contributed by atoms with Crippen molar-refractivity contribution < 1.29 is 18.7 Å². The van der Waals surface area contributed by atoms with Gasteiger partial charge in [-0.05, 0) is 43.9 Å². The minimum atomic E-state index is -0.703. The minimum Gasteiger partial charge on any atom is -0.493 e. The number of ether oxygens (including phenoxy) is 2. The summed E-state index contributed by atoms with van der Waals surface area (Å²) >= 11 is 6.12. The molecule has 2 N–H and O–H groups in total. The van der Waals surface area contributed by atoms with E-state index >= 15 is 0 Å². The van der Waals surface area contributed by atoms with Gasteiger partial charge in [0.2, 0.25) is 0 Å². The number of likely N-dealkylation sites (tertiary alicyclic amines) is 1. The fourth-order valence-corrected chi connectivity index (χ4v) is 4.44. The van der Waals surface area contributed by atoms with Crippen LogP contribution in [0.4, 0.5) is 9.18 Å². The molecule has 0 saturated carbocycles. The lowest BCUT2D eigenvalue weighted by molar-refractivity contribution is 0.124. The van der Waals surface area contributed by atoms with Gasteiger partial charge in [0.1, 0.15) is 12.3 Å². The number of carbonyl (C=O) groups is 1. The zero-order valence-corrected chi connectivity index (χ0v) is 21.5. The summed E-state index contributed by atoms with van der Waals surface area (Å²) in [4.78, 5) is 30.7. The number of nitrogens with zero attached hydrogens (tertiary/aromatic N) is 4. The van der Waals surface area contributed by atoms with Crippen molar-refractivity contribution in [1.82, 2.24) is 20.2 Å². The number of carbonyl (C=O) groups excluding carboxylic acids is 1. The standard InChI is InChI=1S/C26H30ClFN6O3/c1-17(33-25(29-10-9-28)21-15-32-24-20(21)12-19(27)14-31-24)30-13-18-6-5-11-34(16-18)26(35)37-23-8-4-3-7-22(23)36-2/h3-4,7-8,10,12,14-15,17-18,30H,5-6,9,11,13,16H2,1-2H3,(H,31,32)/b29-10-,33-25-. The Labute approximate surface area is 219 Å². The Hall–Kier alpha value is -3.50. The molecule has 1 saturated heterocycles. The van der Waals surface area contributed by atoms with Crippen molar-refractivity contribution in [3.63, 3.8) is 0 Å². The third kappa shape index (κ3) is 6.84. The number of fused-ring (bicyclic) bond motifs is 1. The van der Waals surface area contributed by atoms with Gasteiger partial charge in [-0.2, -0.15) is 0 Å². The number of hydrogen-bond acceptors (Lipinski definition) is 6. The van der Waals surface area contributed by atoms with Gasteiger partial charge in [-0.25, -0.2) is 24.2 Å². The summed E-state index contributed by atoms with van der Waals surface area (Å²) in [5.41, 5.74) is 1.33. The molecule has 0 spiro atoms. The van der Waals surface area contributed by atoms with Crippen molar-refractivity contribution in [2.75, 3.05) is 33.4 Å². The molecule has 2 aromatic heterocycles. The van der Waals surface area contributed by atoms with Crippen molar-refractivity contribution in [3.8, 4) is 11.5 Å². The van der Waals surface area contributed by atoms with E-state index in [-0.39, 0.29) is 12.1 Å². The number of benzene rings is 1. The third-order valence-corrected chi connectivity index (χ3v) is 6.29. The van der Waals surface area contributed by atoms with Crippen LogP contribution in [-0.2, 0) is 0 Å². The first-order valence-electron chi connectivity index (χ1n) is 12.1. The second kappa shape index (κ2) is 12.6. The van der Waals surface area contributed by atoms with Crippen LogP contribution in [0, 0.1) is 5.92 Å². The molecule has 1 aliphatic heterocycles. The molecule has 3 aromatic rings. The number of hydrogen-bond donors (Lipinski definition) is 2. The van der Waals surface area contributed by atoms with Crippen molar-refractivity contribution in [2.45, 2.75) is 25.9 Å². The molecule has 11 heteroatoms. The molecule has 0 radical (unpaired) electrons. The van der Waals surface area contributed by atoms with Crippen molar-refractivity contribution >= 4 is 40.8 Å². The molecular formula is C26H30ClFN6O3. The van der Waals surface area contributed by atoms with Gasteiger partial charge in [0.15, 0.2) is 17.3 Å². The Kier molecular flexibility index (Phi) is 9.08. The number of para-hydroxylation sites is 2. The SMILES string of the molecule is COc1ccccc1OC(=O)N1CCCC(CNC(C)/N=C(\N=C/CF)c2c[nH]c3ncc(Cl)cc23)C1. The van der Waals surface area contributed by atoms with E-state index in [0.717, 1.165) is 18.2 Å². The number of nitrogens with one attached hydrogen (secondary N) is 2. The number of aromatic nitrogens is 2. The largest absolute Gasteiger partial charge is 0.493 e. The Bertz CT molecular complexity index is 1280. The van der Waals surface area contributed by atoms with Crippen LogP contribution in [0.15, 0.2) is 52.7 Å². The molecule has 196 valence electrons. The van der Waals surface area contributed by atoms with Crippen LogP contribution in [0.2, 0.25) is 5.02 Å². The van der Waals surface area contributed by atoms with E-state index in [0.29, 0.717) is 53.2 Å². The number of halogens is 2. The summed E-state index contributed by atoms with van der Waals surface area (Å²) in [7, 11) is 1.54. The molecule has 2 unspecified atom stereocenters. The molecule has 3 heterocycles. The van der Waals surface area contributed by atoms with Crippen LogP contribution in [0.25, 0.3) is 11.0 Å². The molecule has 0 aliphatic carbocycles. The lowest BCUT2D eigenvalue weighted by Gasteiger charge is -2.32. The third-order valence-electron chi connectivity index (χ3n) is 6.08. The van der Waals surface area contributed by atoms with Gasteiger partial charge in [0.25, 0.3) is 0 Å². The van der Waals surface area contributed by atoms with Gasteiger partial charge in [-0.15, -0.1) is 0 Å². The number of methoxy groups -OCH3 is 1. The summed E-state index contributed by atoms with van der Waals surface area (Å²) in [5.74, 6) is 1.51. The number of pyridine rings is 1. The Balaban J connectivity index is 1.39. The van der Waals surface area contributed by atoms with Crippen LogP contribution < -0.4 is 14.8 Å². The van der Waals surface area contributed by atoms with Crippen LogP contribution in [-0.4, -0.2) is 72.6 Å². The monoisotopic (exact) mass is 528 g/mol. The maximum absolute atomic E-state index is 12.9. The molecule has 1 aromatic carbocycles. The van der Waals surface area contributed by atoms with Crippen LogP contribution in [0.5, 0.6) is 11.5 Å². The van der Waals surface area contributed by atoms with Crippen molar-refractivity contribution in [3.05, 3.63) is 53.3 Å². The highest BCUT2D eigenvalue weighted by Crippen LogP contribution is 2.27. The highest BCUT2D eigenvalue weighted by molar-refractivity contribution is 6.31. The predicted octanol–water partition coefficient (Wildman–Crippen LogP) is 4.86. The molecule has 9 nitrogen and oxygen atoms in total. The molecule has 37 heavy (non-hydrogen) atoms. The Morgan fingerprint density at radius 2 is 2.22 bits per heavy atom. The average molecular weight is 529 g/mol. The number of amides is 1. The summed E-state index contributed by atoms with van der Waals surface area (Å²) in [5, 5.41) is 4.64. The number of aliphatic imine (C=N–C) groups is 2. The van der Waals surface area contributed by atoms with E-state index in [4.69, 9.17) is 21.1 Å². The summed E-state index contributed by atoms with van der Waals surface area (Å²) in [6.45, 7) is 3.05. The van der Waals surface area contributed by atoms with Gasteiger partial charge in [-0.3, -0.25) is 5.32 Å². The first-order valence-corrected chi connectivity index (χ1v) is 12.5. The summed E-state index contributed by atoms with van der Waals surface area (Å²) < 4.78 is 23.7. The topological polar surface area (TPSA) is 104 Å². The summed E-state index contributed by atoms with van der Waals surface area (Å²) in [6, 6.07) is 8.85. The first-order chi connectivity index (χ1) is 18.0. The number of alkyl halides is 1. The van der Waals surface area contributed by atoms with Crippen LogP contribution in [0.3, 0.4) is 0 Å². The highest BCUT2D eigenvalue weighted by Gasteiger charge is 2.26. The molecule has 0 bridgehead atoms. The molecular weight excluding hydrogens is 499 g/mol. The normalized spacial score (nSPS) is 17.4. The van der Waals surface area contributed by atoms with Gasteiger partial charge in [0, 0.05) is 49.2 Å². The predicted molar refractivity (Wildman–Crippen MR) is 143 cm³/mol. The lowest BCUT2D eigenvalue weighted by atomic mass is 9.98. The number of aromatic amines is 1. The lowest BCUT2D eigenvalue weighted by Crippen LogP contribution is -2.45. The van der Waals surface area contributed by atoms with E-state index in [1.165, 1.54) is 13.3 Å². The second-order valence-corrected chi connectivity index (χ2v) is 9.16. The van der Waals surface area contributed by atoms with Crippen LogP contribution in [0.1, 0.15) is 25.3 Å². The number of H-pyrrole nitrogens is 1. The fraction of sp³-hybridized carbons (Fsp3) is 0.385. The highest BCUT2D eigenvalue weighted by atomic mass is 35.5. The molecule has 4 rings (SSSR count). The van der Waals surface area contributed by atoms with E-state index < -0.39 is 12.8 Å². The van der Waals surface area contributed by atoms with E-state index in [1.54, 1.807) is 41.6 Å². The van der Waals surface area contributed by atoms with Crippen molar-refractivity contribution in [1.29, 1.82) is 0 Å².